The smallest absolute Gasteiger partial charge is 0.340 e. The van der Waals surface area contributed by atoms with Gasteiger partial charge in [0.1, 0.15) is 11.9 Å². The van der Waals surface area contributed by atoms with Gasteiger partial charge in [0.15, 0.2) is 5.82 Å². The molecular weight excluding hydrogens is 248 g/mol. The number of benzene rings is 1. The summed E-state index contributed by atoms with van der Waals surface area (Å²) in [4.78, 5) is 13.3. The molecule has 7 heteroatoms. The van der Waals surface area contributed by atoms with Crippen LogP contribution in [0.4, 0.5) is 5.69 Å². The lowest BCUT2D eigenvalue weighted by Crippen LogP contribution is -2.14. The summed E-state index contributed by atoms with van der Waals surface area (Å²) >= 11 is 0. The number of nitrogens with zero attached hydrogens (tertiary/aromatic N) is 1. The van der Waals surface area contributed by atoms with E-state index < -0.39 is 11.8 Å². The van der Waals surface area contributed by atoms with Crippen LogP contribution in [-0.4, -0.2) is 33.4 Å². The fraction of sp³-hybridized carbons (Fsp3) is 0.333. The van der Waals surface area contributed by atoms with Gasteiger partial charge in [-0.1, -0.05) is 0 Å². The van der Waals surface area contributed by atoms with Crippen molar-refractivity contribution in [2.45, 2.75) is 13.0 Å². The Hall–Kier alpha value is -2.28. The SMILES string of the molecule is CCOc1ccc(NCC(O)c2n[nH]c(=O)[nH]2)cc1. The molecule has 1 atom stereocenters. The lowest BCUT2D eigenvalue weighted by atomic mass is 10.2. The Balaban J connectivity index is 1.89. The molecule has 0 saturated heterocycles. The highest BCUT2D eigenvalue weighted by atomic mass is 16.5. The first-order valence-corrected chi connectivity index (χ1v) is 5.98. The highest BCUT2D eigenvalue weighted by molar-refractivity contribution is 5.46. The number of H-pyrrole nitrogens is 2. The first-order valence-electron chi connectivity index (χ1n) is 5.98. The molecular formula is C12H16N4O3. The maximum absolute atomic E-state index is 10.8. The van der Waals surface area contributed by atoms with Gasteiger partial charge in [-0.3, -0.25) is 4.98 Å². The molecule has 0 spiro atoms. The van der Waals surface area contributed by atoms with E-state index in [0.29, 0.717) is 6.61 Å². The van der Waals surface area contributed by atoms with Crippen LogP contribution in [0.25, 0.3) is 0 Å². The predicted molar refractivity (Wildman–Crippen MR) is 70.3 cm³/mol. The van der Waals surface area contributed by atoms with E-state index in [-0.39, 0.29) is 12.4 Å². The average Bonchev–Trinajstić information content (AvgIpc) is 2.85. The van der Waals surface area contributed by atoms with Crippen LogP contribution < -0.4 is 15.7 Å². The number of rotatable bonds is 6. The van der Waals surface area contributed by atoms with Crippen LogP contribution in [0.15, 0.2) is 29.1 Å². The van der Waals surface area contributed by atoms with Gasteiger partial charge in [-0.05, 0) is 31.2 Å². The molecule has 0 bridgehead atoms. The van der Waals surface area contributed by atoms with E-state index in [0.717, 1.165) is 11.4 Å². The molecule has 0 saturated carbocycles. The van der Waals surface area contributed by atoms with Crippen LogP contribution >= 0.6 is 0 Å². The minimum absolute atomic E-state index is 0.212. The Labute approximate surface area is 109 Å². The second-order valence-electron chi connectivity index (χ2n) is 3.92. The number of aromatic nitrogens is 3. The lowest BCUT2D eigenvalue weighted by Gasteiger charge is -2.10. The second kappa shape index (κ2) is 6.05. The minimum Gasteiger partial charge on any atom is -0.494 e. The number of aliphatic hydroxyl groups excluding tert-OH is 1. The van der Waals surface area contributed by atoms with Crippen molar-refractivity contribution in [2.24, 2.45) is 0 Å². The molecule has 0 aliphatic heterocycles. The second-order valence-corrected chi connectivity index (χ2v) is 3.92. The molecule has 0 amide bonds. The fourth-order valence-corrected chi connectivity index (χ4v) is 1.59. The fourth-order valence-electron chi connectivity index (χ4n) is 1.59. The van der Waals surface area contributed by atoms with E-state index >= 15 is 0 Å². The molecule has 4 N–H and O–H groups in total. The van der Waals surface area contributed by atoms with Crippen LogP contribution in [0.1, 0.15) is 18.9 Å². The van der Waals surface area contributed by atoms with E-state index in [1.165, 1.54) is 0 Å². The lowest BCUT2D eigenvalue weighted by molar-refractivity contribution is 0.182. The molecule has 1 heterocycles. The molecule has 102 valence electrons. The molecule has 2 rings (SSSR count). The summed E-state index contributed by atoms with van der Waals surface area (Å²) in [6.45, 7) is 2.79. The van der Waals surface area contributed by atoms with E-state index in [1.807, 2.05) is 31.2 Å². The Bertz CT molecular complexity index is 561. The third-order valence-electron chi connectivity index (χ3n) is 2.50. The minimum atomic E-state index is -0.884. The quantitative estimate of drug-likeness (QED) is 0.613. The topological polar surface area (TPSA) is 103 Å². The number of aliphatic hydroxyl groups is 1. The number of aromatic amines is 2. The van der Waals surface area contributed by atoms with E-state index in [9.17, 15) is 9.90 Å². The molecule has 1 unspecified atom stereocenters. The molecule has 1 aromatic heterocycles. The van der Waals surface area contributed by atoms with Gasteiger partial charge in [-0.2, -0.15) is 5.10 Å². The van der Waals surface area contributed by atoms with E-state index in [2.05, 4.69) is 20.5 Å². The summed E-state index contributed by atoms with van der Waals surface area (Å²) in [6.07, 6.45) is -0.884. The zero-order valence-corrected chi connectivity index (χ0v) is 10.5. The number of hydrogen-bond donors (Lipinski definition) is 4. The summed E-state index contributed by atoms with van der Waals surface area (Å²) in [5.41, 5.74) is 0.413. The molecule has 0 radical (unpaired) electrons. The Morgan fingerprint density at radius 2 is 2.16 bits per heavy atom. The number of nitrogens with one attached hydrogen (secondary N) is 3. The maximum Gasteiger partial charge on any atom is 0.340 e. The van der Waals surface area contributed by atoms with Gasteiger partial charge in [0.05, 0.1) is 6.61 Å². The first-order chi connectivity index (χ1) is 9.19. The van der Waals surface area contributed by atoms with Crippen molar-refractivity contribution < 1.29 is 9.84 Å². The summed E-state index contributed by atoms with van der Waals surface area (Å²) in [6, 6.07) is 7.39. The Morgan fingerprint density at radius 3 is 2.74 bits per heavy atom. The monoisotopic (exact) mass is 264 g/mol. The molecule has 0 fully saturated rings. The summed E-state index contributed by atoms with van der Waals surface area (Å²) in [5, 5.41) is 18.7. The first kappa shape index (κ1) is 13.2. The predicted octanol–water partition coefficient (Wildman–Crippen LogP) is 0.642. The van der Waals surface area contributed by atoms with Gasteiger partial charge >= 0.3 is 5.69 Å². The summed E-state index contributed by atoms with van der Waals surface area (Å²) in [5.74, 6) is 1.01. The van der Waals surface area contributed by atoms with Crippen molar-refractivity contribution in [1.82, 2.24) is 15.2 Å². The van der Waals surface area contributed by atoms with Crippen molar-refractivity contribution in [3.05, 3.63) is 40.6 Å². The van der Waals surface area contributed by atoms with Gasteiger partial charge < -0.3 is 15.2 Å². The van der Waals surface area contributed by atoms with Crippen LogP contribution in [0.3, 0.4) is 0 Å². The van der Waals surface area contributed by atoms with Crippen molar-refractivity contribution in [3.63, 3.8) is 0 Å². The van der Waals surface area contributed by atoms with Gasteiger partial charge in [0.2, 0.25) is 0 Å². The van der Waals surface area contributed by atoms with Gasteiger partial charge in [0.25, 0.3) is 0 Å². The van der Waals surface area contributed by atoms with Crippen molar-refractivity contribution in [1.29, 1.82) is 0 Å². The Kier molecular flexibility index (Phi) is 4.19. The van der Waals surface area contributed by atoms with Crippen LogP contribution in [-0.2, 0) is 0 Å². The van der Waals surface area contributed by atoms with Crippen molar-refractivity contribution in [3.8, 4) is 5.75 Å². The highest BCUT2D eigenvalue weighted by Crippen LogP contribution is 2.16. The van der Waals surface area contributed by atoms with Gasteiger partial charge in [0, 0.05) is 12.2 Å². The Morgan fingerprint density at radius 1 is 1.42 bits per heavy atom. The van der Waals surface area contributed by atoms with Crippen LogP contribution in [0.5, 0.6) is 5.75 Å². The van der Waals surface area contributed by atoms with Crippen LogP contribution in [0, 0.1) is 0 Å². The van der Waals surface area contributed by atoms with E-state index in [4.69, 9.17) is 4.74 Å². The average molecular weight is 264 g/mol. The summed E-state index contributed by atoms with van der Waals surface area (Å²) in [7, 11) is 0. The third-order valence-corrected chi connectivity index (χ3v) is 2.50. The number of ether oxygens (including phenoxy) is 1. The zero-order valence-electron chi connectivity index (χ0n) is 10.5. The summed E-state index contributed by atoms with van der Waals surface area (Å²) < 4.78 is 5.33. The standard InChI is InChI=1S/C12H16N4O3/c1-2-19-9-5-3-8(4-6-9)13-7-10(17)11-14-12(18)16-15-11/h3-6,10,13,17H,2,7H2,1H3,(H2,14,15,16,18). The zero-order chi connectivity index (χ0) is 13.7. The largest absolute Gasteiger partial charge is 0.494 e. The third kappa shape index (κ3) is 3.59. The normalized spacial score (nSPS) is 12.1. The molecule has 19 heavy (non-hydrogen) atoms. The molecule has 2 aromatic rings. The van der Waals surface area contributed by atoms with Crippen molar-refractivity contribution >= 4 is 5.69 Å². The molecule has 1 aromatic carbocycles. The van der Waals surface area contributed by atoms with Crippen molar-refractivity contribution in [2.75, 3.05) is 18.5 Å². The van der Waals surface area contributed by atoms with Crippen LogP contribution in [0.2, 0.25) is 0 Å². The number of hydrogen-bond acceptors (Lipinski definition) is 5. The van der Waals surface area contributed by atoms with E-state index in [1.54, 1.807) is 0 Å². The van der Waals surface area contributed by atoms with Gasteiger partial charge in [-0.15, -0.1) is 0 Å². The molecule has 7 nitrogen and oxygen atoms in total. The highest BCUT2D eigenvalue weighted by Gasteiger charge is 2.11. The number of anilines is 1. The molecule has 0 aliphatic rings. The maximum atomic E-state index is 10.8. The van der Waals surface area contributed by atoms with Gasteiger partial charge in [-0.25, -0.2) is 9.89 Å². The molecule has 0 aliphatic carbocycles.